The van der Waals surface area contributed by atoms with Crippen LogP contribution in [-0.2, 0) is 0 Å². The molecule has 1 N–H and O–H groups in total. The number of aromatic nitrogens is 1. The summed E-state index contributed by atoms with van der Waals surface area (Å²) in [4.78, 5) is 15.4. The minimum absolute atomic E-state index is 0.0712. The Kier molecular flexibility index (Phi) is 3.39. The number of carbonyl (C=O) groups excluding carboxylic acids is 1. The van der Waals surface area contributed by atoms with Crippen molar-refractivity contribution < 1.29 is 9.18 Å². The van der Waals surface area contributed by atoms with Crippen LogP contribution in [0.1, 0.15) is 32.9 Å². The third kappa shape index (κ3) is 2.01. The van der Waals surface area contributed by atoms with Crippen LogP contribution in [0.3, 0.4) is 0 Å². The van der Waals surface area contributed by atoms with E-state index in [-0.39, 0.29) is 11.3 Å². The number of aryl methyl sites for hydroxylation is 1. The molecule has 0 aliphatic rings. The van der Waals surface area contributed by atoms with Crippen molar-refractivity contribution in [2.45, 2.75) is 20.8 Å². The highest BCUT2D eigenvalue weighted by Gasteiger charge is 2.21. The molecule has 0 bridgehead atoms. The molecule has 4 heteroatoms. The molecule has 1 aromatic heterocycles. The second-order valence-electron chi connectivity index (χ2n) is 4.30. The van der Waals surface area contributed by atoms with Crippen LogP contribution >= 0.6 is 15.9 Å². The van der Waals surface area contributed by atoms with Gasteiger partial charge in [-0.25, -0.2) is 4.39 Å². The molecule has 2 aromatic rings. The van der Waals surface area contributed by atoms with E-state index in [2.05, 4.69) is 20.9 Å². The molecule has 2 nitrogen and oxygen atoms in total. The Hall–Kier alpha value is -1.42. The Balaban J connectivity index is 2.59. The van der Waals surface area contributed by atoms with Crippen molar-refractivity contribution >= 4 is 21.7 Å². The van der Waals surface area contributed by atoms with E-state index in [1.165, 1.54) is 6.07 Å². The largest absolute Gasteiger partial charge is 0.356 e. The first-order chi connectivity index (χ1) is 8.43. The fourth-order valence-electron chi connectivity index (χ4n) is 1.91. The Morgan fingerprint density at radius 2 is 1.89 bits per heavy atom. The van der Waals surface area contributed by atoms with Crippen molar-refractivity contribution in [3.05, 3.63) is 56.6 Å². The van der Waals surface area contributed by atoms with Crippen LogP contribution < -0.4 is 0 Å². The fourth-order valence-corrected chi connectivity index (χ4v) is 2.43. The maximum Gasteiger partial charge on any atom is 0.213 e. The number of H-pyrrole nitrogens is 1. The lowest BCUT2D eigenvalue weighted by Crippen LogP contribution is -2.07. The van der Waals surface area contributed by atoms with Crippen molar-refractivity contribution in [3.8, 4) is 0 Å². The smallest absolute Gasteiger partial charge is 0.213 e. The van der Waals surface area contributed by atoms with E-state index in [0.29, 0.717) is 10.2 Å². The van der Waals surface area contributed by atoms with Gasteiger partial charge in [0.25, 0.3) is 0 Å². The second kappa shape index (κ2) is 4.69. The summed E-state index contributed by atoms with van der Waals surface area (Å²) in [6.07, 6.45) is 0. The average Bonchev–Trinajstić information content (AvgIpc) is 2.56. The Bertz CT molecular complexity index is 611. The van der Waals surface area contributed by atoms with Crippen molar-refractivity contribution in [1.82, 2.24) is 4.98 Å². The van der Waals surface area contributed by atoms with Gasteiger partial charge in [0.1, 0.15) is 5.82 Å². The topological polar surface area (TPSA) is 32.9 Å². The van der Waals surface area contributed by atoms with Gasteiger partial charge in [-0.3, -0.25) is 4.79 Å². The molecule has 0 spiro atoms. The van der Waals surface area contributed by atoms with Gasteiger partial charge < -0.3 is 4.98 Å². The predicted octanol–water partition coefficient (Wildman–Crippen LogP) is 4.07. The number of benzene rings is 1. The van der Waals surface area contributed by atoms with E-state index in [1.54, 1.807) is 12.1 Å². The summed E-state index contributed by atoms with van der Waals surface area (Å²) in [6, 6.07) is 4.51. The minimum atomic E-state index is -0.515. The molecule has 94 valence electrons. The van der Waals surface area contributed by atoms with Gasteiger partial charge in [-0.2, -0.15) is 0 Å². The molecule has 0 amide bonds. The molecule has 0 saturated heterocycles. The lowest BCUT2D eigenvalue weighted by atomic mass is 10.0. The second-order valence-corrected chi connectivity index (χ2v) is 5.16. The van der Waals surface area contributed by atoms with Crippen molar-refractivity contribution in [2.75, 3.05) is 0 Å². The number of rotatable bonds is 2. The molecule has 0 saturated carbocycles. The van der Waals surface area contributed by atoms with Crippen LogP contribution in [0.5, 0.6) is 0 Å². The molecule has 0 radical (unpaired) electrons. The van der Waals surface area contributed by atoms with Gasteiger partial charge in [0.2, 0.25) is 5.78 Å². The number of hydrogen-bond donors (Lipinski definition) is 1. The molecule has 1 heterocycles. The number of ketones is 1. The lowest BCUT2D eigenvalue weighted by Gasteiger charge is -2.05. The zero-order valence-electron chi connectivity index (χ0n) is 10.4. The number of aromatic amines is 1. The van der Waals surface area contributed by atoms with Gasteiger partial charge in [0.15, 0.2) is 0 Å². The monoisotopic (exact) mass is 309 g/mol. The summed E-state index contributed by atoms with van der Waals surface area (Å²) in [5.41, 5.74) is 3.36. The molecule has 0 aliphatic carbocycles. The van der Waals surface area contributed by atoms with E-state index in [0.717, 1.165) is 16.8 Å². The van der Waals surface area contributed by atoms with Crippen LogP contribution in [0, 0.1) is 26.6 Å². The summed E-state index contributed by atoms with van der Waals surface area (Å²) < 4.78 is 14.2. The van der Waals surface area contributed by atoms with Crippen LogP contribution in [0.4, 0.5) is 4.39 Å². The van der Waals surface area contributed by atoms with E-state index in [9.17, 15) is 9.18 Å². The van der Waals surface area contributed by atoms with Gasteiger partial charge in [0, 0.05) is 10.2 Å². The molecule has 0 aliphatic heterocycles. The number of nitrogens with one attached hydrogen (secondary N) is 1. The summed E-state index contributed by atoms with van der Waals surface area (Å²) in [6.45, 7) is 5.70. The third-order valence-electron chi connectivity index (χ3n) is 3.23. The Morgan fingerprint density at radius 3 is 2.39 bits per heavy atom. The van der Waals surface area contributed by atoms with Crippen molar-refractivity contribution in [3.63, 3.8) is 0 Å². The summed E-state index contributed by atoms with van der Waals surface area (Å²) >= 11 is 3.22. The molecule has 1 aromatic carbocycles. The van der Waals surface area contributed by atoms with Gasteiger partial charge in [-0.1, -0.05) is 6.07 Å². The molecule has 0 unspecified atom stereocenters. The normalized spacial score (nSPS) is 10.7. The average molecular weight is 310 g/mol. The summed E-state index contributed by atoms with van der Waals surface area (Å²) in [7, 11) is 0. The lowest BCUT2D eigenvalue weighted by molar-refractivity contribution is 0.102. The highest BCUT2D eigenvalue weighted by Crippen LogP contribution is 2.25. The first-order valence-electron chi connectivity index (χ1n) is 5.58. The molecule has 2 rings (SSSR count). The molecule has 0 fully saturated rings. The first kappa shape index (κ1) is 13.0. The zero-order valence-corrected chi connectivity index (χ0v) is 12.0. The maximum atomic E-state index is 13.8. The van der Waals surface area contributed by atoms with Crippen LogP contribution in [0.2, 0.25) is 0 Å². The SMILES string of the molecule is Cc1[nH]c(C(=O)c2c(F)cccc2Br)c(C)c1C. The van der Waals surface area contributed by atoms with Gasteiger partial charge in [-0.05, 0) is 60.0 Å². The molecular weight excluding hydrogens is 297 g/mol. The Labute approximate surface area is 113 Å². The van der Waals surface area contributed by atoms with E-state index in [1.807, 2.05) is 20.8 Å². The maximum absolute atomic E-state index is 13.8. The van der Waals surface area contributed by atoms with Crippen LogP contribution in [0.15, 0.2) is 22.7 Å². The molecule has 0 atom stereocenters. The van der Waals surface area contributed by atoms with Gasteiger partial charge >= 0.3 is 0 Å². The van der Waals surface area contributed by atoms with E-state index in [4.69, 9.17) is 0 Å². The van der Waals surface area contributed by atoms with Crippen molar-refractivity contribution in [2.24, 2.45) is 0 Å². The molecular formula is C14H13BrFNO. The summed E-state index contributed by atoms with van der Waals surface area (Å²) in [5.74, 6) is -0.840. The highest BCUT2D eigenvalue weighted by atomic mass is 79.9. The van der Waals surface area contributed by atoms with E-state index < -0.39 is 5.82 Å². The van der Waals surface area contributed by atoms with E-state index >= 15 is 0 Å². The highest BCUT2D eigenvalue weighted by molar-refractivity contribution is 9.10. The first-order valence-corrected chi connectivity index (χ1v) is 6.37. The standard InChI is InChI=1S/C14H13BrFNO/c1-7-8(2)13(17-9(7)3)14(18)12-10(15)5-4-6-11(12)16/h4-6,17H,1-3H3. The third-order valence-corrected chi connectivity index (χ3v) is 3.89. The summed E-state index contributed by atoms with van der Waals surface area (Å²) in [5, 5.41) is 0. The number of carbonyl (C=O) groups is 1. The fraction of sp³-hybridized carbons (Fsp3) is 0.214. The molecule has 18 heavy (non-hydrogen) atoms. The van der Waals surface area contributed by atoms with Gasteiger partial charge in [0.05, 0.1) is 11.3 Å². The quantitative estimate of drug-likeness (QED) is 0.833. The Morgan fingerprint density at radius 1 is 1.22 bits per heavy atom. The van der Waals surface area contributed by atoms with Crippen LogP contribution in [-0.4, -0.2) is 10.8 Å². The van der Waals surface area contributed by atoms with Crippen molar-refractivity contribution in [1.29, 1.82) is 0 Å². The number of hydrogen-bond acceptors (Lipinski definition) is 1. The van der Waals surface area contributed by atoms with Crippen LogP contribution in [0.25, 0.3) is 0 Å². The van der Waals surface area contributed by atoms with Gasteiger partial charge in [-0.15, -0.1) is 0 Å². The predicted molar refractivity (Wildman–Crippen MR) is 72.5 cm³/mol. The number of halogens is 2. The minimum Gasteiger partial charge on any atom is -0.356 e. The zero-order chi connectivity index (χ0) is 13.4.